The molecule has 1 heterocycles. The minimum Gasteiger partial charge on any atom is -0.295 e. The number of hydroxylamine groups is 2. The van der Waals surface area contributed by atoms with Crippen molar-refractivity contribution in [3.05, 3.63) is 65.7 Å². The number of aryl methyl sites for hydroxylation is 1. The van der Waals surface area contributed by atoms with Gasteiger partial charge in [0.05, 0.1) is 23.6 Å². The smallest absolute Gasteiger partial charge is 0.295 e. The van der Waals surface area contributed by atoms with Gasteiger partial charge in [0.25, 0.3) is 10.1 Å². The highest BCUT2D eigenvalue weighted by molar-refractivity contribution is 7.86. The zero-order chi connectivity index (χ0) is 19.6. The molecule has 28 heavy (non-hydrogen) atoms. The summed E-state index contributed by atoms with van der Waals surface area (Å²) in [6.07, 6.45) is 3.71. The molecule has 1 aliphatic carbocycles. The summed E-state index contributed by atoms with van der Waals surface area (Å²) in [5.74, 6) is 0.112. The second-order valence-corrected chi connectivity index (χ2v) is 9.37. The highest BCUT2D eigenvalue weighted by Gasteiger charge is 2.42. The van der Waals surface area contributed by atoms with Gasteiger partial charge in [0.15, 0.2) is 0 Å². The molecule has 3 atom stereocenters. The summed E-state index contributed by atoms with van der Waals surface area (Å²) in [5, 5.41) is 1.87. The lowest BCUT2D eigenvalue weighted by molar-refractivity contribution is -0.275. The van der Waals surface area contributed by atoms with Crippen LogP contribution in [-0.2, 0) is 25.7 Å². The Labute approximate surface area is 167 Å². The predicted octanol–water partition coefficient (Wildman–Crippen LogP) is 4.08. The molecule has 150 valence electrons. The Kier molecular flexibility index (Phi) is 5.83. The van der Waals surface area contributed by atoms with Gasteiger partial charge < -0.3 is 0 Å². The fraction of sp³-hybridized carbons (Fsp3) is 0.455. The predicted molar refractivity (Wildman–Crippen MR) is 107 cm³/mol. The standard InChI is InChI=1S/C22H27NO4S/c1-17-11-13-19(14-12-17)28(24,25)27-22-16-23(15-18-7-3-2-4-8-18)26-21-10-6-5-9-20(21)22/h2-4,7-8,11-14,20-22H,5-6,9-10,15-16H2,1H3/t20-,21+,22-/m0/s1. The SMILES string of the molecule is Cc1ccc(S(=O)(=O)O[C@H]2CN(Cc3ccccc3)O[C@@H]3CCCC[C@H]23)cc1. The Bertz CT molecular complexity index is 883. The van der Waals surface area contributed by atoms with Crippen LogP contribution in [0, 0.1) is 12.8 Å². The molecular weight excluding hydrogens is 374 g/mol. The molecule has 0 aromatic heterocycles. The van der Waals surface area contributed by atoms with E-state index in [9.17, 15) is 8.42 Å². The largest absolute Gasteiger partial charge is 0.297 e. The van der Waals surface area contributed by atoms with Crippen molar-refractivity contribution >= 4 is 10.1 Å². The summed E-state index contributed by atoms with van der Waals surface area (Å²) in [6, 6.07) is 16.9. The third kappa shape index (κ3) is 4.46. The molecule has 1 aliphatic heterocycles. The number of hydrogen-bond acceptors (Lipinski definition) is 5. The van der Waals surface area contributed by atoms with Crippen LogP contribution < -0.4 is 0 Å². The molecule has 0 bridgehead atoms. The molecule has 2 fully saturated rings. The van der Waals surface area contributed by atoms with Crippen molar-refractivity contribution in [1.29, 1.82) is 0 Å². The number of fused-ring (bicyclic) bond motifs is 1. The molecule has 0 spiro atoms. The van der Waals surface area contributed by atoms with E-state index in [4.69, 9.17) is 9.02 Å². The van der Waals surface area contributed by atoms with Crippen LogP contribution in [0.15, 0.2) is 59.5 Å². The second kappa shape index (κ2) is 8.33. The average Bonchev–Trinajstić information content (AvgIpc) is 2.69. The van der Waals surface area contributed by atoms with E-state index in [0.717, 1.165) is 36.8 Å². The number of hydrogen-bond donors (Lipinski definition) is 0. The lowest BCUT2D eigenvalue weighted by atomic mass is 9.82. The zero-order valence-electron chi connectivity index (χ0n) is 16.2. The van der Waals surface area contributed by atoms with Gasteiger partial charge in [-0.3, -0.25) is 9.02 Å². The van der Waals surface area contributed by atoms with Gasteiger partial charge >= 0.3 is 0 Å². The monoisotopic (exact) mass is 401 g/mol. The van der Waals surface area contributed by atoms with Gasteiger partial charge in [-0.15, -0.1) is 0 Å². The van der Waals surface area contributed by atoms with Gasteiger partial charge in [-0.05, 0) is 37.5 Å². The van der Waals surface area contributed by atoms with Gasteiger partial charge in [0, 0.05) is 12.5 Å². The van der Waals surface area contributed by atoms with E-state index in [1.54, 1.807) is 24.3 Å². The molecule has 2 aliphatic rings. The van der Waals surface area contributed by atoms with Crippen LogP contribution in [0.5, 0.6) is 0 Å². The molecule has 0 N–H and O–H groups in total. The van der Waals surface area contributed by atoms with Crippen LogP contribution in [0.25, 0.3) is 0 Å². The molecule has 0 amide bonds. The maximum atomic E-state index is 12.9. The Hall–Kier alpha value is -1.73. The van der Waals surface area contributed by atoms with E-state index in [2.05, 4.69) is 12.1 Å². The van der Waals surface area contributed by atoms with Crippen LogP contribution >= 0.6 is 0 Å². The van der Waals surface area contributed by atoms with Gasteiger partial charge in [-0.2, -0.15) is 13.5 Å². The third-order valence-corrected chi connectivity index (χ3v) is 7.01. The third-order valence-electron chi connectivity index (χ3n) is 5.66. The van der Waals surface area contributed by atoms with E-state index in [1.807, 2.05) is 30.2 Å². The van der Waals surface area contributed by atoms with Gasteiger partial charge in [-0.1, -0.05) is 60.9 Å². The Morgan fingerprint density at radius 3 is 2.50 bits per heavy atom. The first kappa shape index (κ1) is 19.6. The molecule has 2 aromatic carbocycles. The second-order valence-electron chi connectivity index (χ2n) is 7.80. The Morgan fingerprint density at radius 1 is 1.04 bits per heavy atom. The minimum absolute atomic E-state index is 0.0180. The molecule has 0 unspecified atom stereocenters. The van der Waals surface area contributed by atoms with Crippen molar-refractivity contribution in [3.63, 3.8) is 0 Å². The molecular formula is C22H27NO4S. The molecule has 5 nitrogen and oxygen atoms in total. The first-order chi connectivity index (χ1) is 13.5. The maximum absolute atomic E-state index is 12.9. The number of nitrogens with zero attached hydrogens (tertiary/aromatic N) is 1. The van der Waals surface area contributed by atoms with Crippen molar-refractivity contribution in [2.24, 2.45) is 5.92 Å². The van der Waals surface area contributed by atoms with E-state index < -0.39 is 16.2 Å². The average molecular weight is 402 g/mol. The van der Waals surface area contributed by atoms with Crippen molar-refractivity contribution in [2.45, 2.75) is 56.3 Å². The van der Waals surface area contributed by atoms with Gasteiger partial charge in [0.2, 0.25) is 0 Å². The highest BCUT2D eigenvalue weighted by atomic mass is 32.2. The summed E-state index contributed by atoms with van der Waals surface area (Å²) < 4.78 is 31.5. The van der Waals surface area contributed by atoms with Crippen molar-refractivity contribution in [3.8, 4) is 0 Å². The summed E-state index contributed by atoms with van der Waals surface area (Å²) in [5.41, 5.74) is 2.16. The van der Waals surface area contributed by atoms with Crippen LogP contribution in [-0.4, -0.2) is 32.2 Å². The first-order valence-corrected chi connectivity index (χ1v) is 11.4. The van der Waals surface area contributed by atoms with E-state index in [0.29, 0.717) is 13.1 Å². The minimum atomic E-state index is -3.81. The van der Waals surface area contributed by atoms with Crippen LogP contribution in [0.2, 0.25) is 0 Å². The molecule has 1 saturated heterocycles. The van der Waals surface area contributed by atoms with Crippen molar-refractivity contribution < 1.29 is 17.4 Å². The first-order valence-electron chi connectivity index (χ1n) is 9.97. The quantitative estimate of drug-likeness (QED) is 0.707. The summed E-state index contributed by atoms with van der Waals surface area (Å²) >= 11 is 0. The fourth-order valence-corrected chi connectivity index (χ4v) is 5.28. The van der Waals surface area contributed by atoms with Crippen LogP contribution in [0.3, 0.4) is 0 Å². The summed E-state index contributed by atoms with van der Waals surface area (Å²) in [7, 11) is -3.81. The van der Waals surface area contributed by atoms with E-state index in [1.165, 1.54) is 0 Å². The number of benzene rings is 2. The topological polar surface area (TPSA) is 55.8 Å². The highest BCUT2D eigenvalue weighted by Crippen LogP contribution is 2.36. The number of rotatable bonds is 5. The summed E-state index contributed by atoms with van der Waals surface area (Å²) in [6.45, 7) is 3.00. The molecule has 4 rings (SSSR count). The van der Waals surface area contributed by atoms with Crippen LogP contribution in [0.4, 0.5) is 0 Å². The van der Waals surface area contributed by atoms with Crippen LogP contribution in [0.1, 0.15) is 36.8 Å². The van der Waals surface area contributed by atoms with E-state index >= 15 is 0 Å². The van der Waals surface area contributed by atoms with Crippen molar-refractivity contribution in [2.75, 3.05) is 6.54 Å². The molecule has 6 heteroatoms. The Balaban J connectivity index is 1.53. The molecule has 2 aromatic rings. The van der Waals surface area contributed by atoms with Crippen molar-refractivity contribution in [1.82, 2.24) is 5.06 Å². The fourth-order valence-electron chi connectivity index (χ4n) is 4.17. The normalized spacial score (nSPS) is 26.0. The molecule has 0 radical (unpaired) electrons. The Morgan fingerprint density at radius 2 is 1.75 bits per heavy atom. The van der Waals surface area contributed by atoms with E-state index in [-0.39, 0.29) is 16.9 Å². The molecule has 1 saturated carbocycles. The van der Waals surface area contributed by atoms with Gasteiger partial charge in [-0.25, -0.2) is 0 Å². The lowest BCUT2D eigenvalue weighted by Gasteiger charge is -2.44. The summed E-state index contributed by atoms with van der Waals surface area (Å²) in [4.78, 5) is 6.43. The lowest BCUT2D eigenvalue weighted by Crippen LogP contribution is -2.52. The zero-order valence-corrected chi connectivity index (χ0v) is 17.0. The maximum Gasteiger partial charge on any atom is 0.297 e. The van der Waals surface area contributed by atoms with Gasteiger partial charge in [0.1, 0.15) is 0 Å².